The molecule has 222 valence electrons. The number of rotatable bonds is 9. The van der Waals surface area contributed by atoms with Crippen molar-refractivity contribution in [1.82, 2.24) is 10.2 Å². The number of esters is 2. The largest absolute Gasteiger partial charge is 0.456 e. The third kappa shape index (κ3) is 7.93. The summed E-state index contributed by atoms with van der Waals surface area (Å²) in [5.41, 5.74) is 0.736. The number of amides is 2. The molecule has 1 aromatic rings. The summed E-state index contributed by atoms with van der Waals surface area (Å²) in [6, 6.07) is 5.17. The molecule has 11 nitrogen and oxygen atoms in total. The lowest BCUT2D eigenvalue weighted by molar-refractivity contribution is -0.182. The first-order valence-corrected chi connectivity index (χ1v) is 12.9. The summed E-state index contributed by atoms with van der Waals surface area (Å²) in [7, 11) is 0. The van der Waals surface area contributed by atoms with Crippen LogP contribution in [0.4, 0.5) is 13.2 Å². The second-order valence-corrected chi connectivity index (χ2v) is 9.57. The Morgan fingerprint density at radius 3 is 2.76 bits per heavy atom. The number of carbonyl (C=O) groups is 4. The molecule has 0 spiro atoms. The van der Waals surface area contributed by atoms with Crippen molar-refractivity contribution < 1.29 is 56.4 Å². The lowest BCUT2D eigenvalue weighted by Gasteiger charge is -2.32. The van der Waals surface area contributed by atoms with Gasteiger partial charge in [-0.05, 0) is 42.7 Å². The Balaban J connectivity index is 1.42. The standard InChI is InChI=1S/C27H29F3N2O9/c28-27(29,30)14-38-22(34)7-6-16-3-1-4-17(11-16)26(37)41-21-13-18(12-20-23(21)40-15-39-20)25(36)32-9-2-5-19(32)24(35)31-8-10-33/h1,3-4,6-7,11-12,19-21,23,33H,2,5,8-10,13-15H2,(H,31,35). The van der Waals surface area contributed by atoms with E-state index in [0.29, 0.717) is 30.5 Å². The monoisotopic (exact) mass is 582 g/mol. The maximum Gasteiger partial charge on any atom is 0.422 e. The summed E-state index contributed by atoms with van der Waals surface area (Å²) >= 11 is 0. The Hall–Kier alpha value is -3.75. The molecule has 2 saturated heterocycles. The SMILES string of the molecule is O=C(C=Cc1cccc(C(=O)OC2CC(C(=O)N3CCCC3C(=O)NCCO)=CC3OCOC32)c1)OCC(F)(F)F. The van der Waals surface area contributed by atoms with Crippen LogP contribution in [0.3, 0.4) is 0 Å². The van der Waals surface area contributed by atoms with Crippen molar-refractivity contribution in [1.29, 1.82) is 0 Å². The van der Waals surface area contributed by atoms with Gasteiger partial charge in [0, 0.05) is 31.2 Å². The maximum absolute atomic E-state index is 13.4. The zero-order valence-electron chi connectivity index (χ0n) is 21.8. The van der Waals surface area contributed by atoms with E-state index < -0.39 is 49.1 Å². The highest BCUT2D eigenvalue weighted by Gasteiger charge is 2.44. The van der Waals surface area contributed by atoms with Gasteiger partial charge in [0.25, 0.3) is 0 Å². The van der Waals surface area contributed by atoms with Crippen LogP contribution in [0.25, 0.3) is 6.08 Å². The van der Waals surface area contributed by atoms with Crippen LogP contribution in [-0.2, 0) is 33.3 Å². The molecule has 0 radical (unpaired) electrons. The second kappa shape index (κ2) is 13.3. The molecule has 3 aliphatic rings. The van der Waals surface area contributed by atoms with E-state index in [1.807, 2.05) is 0 Å². The molecule has 2 aliphatic heterocycles. The number of aliphatic hydroxyl groups is 1. The molecular formula is C27H29F3N2O9. The van der Waals surface area contributed by atoms with E-state index in [1.165, 1.54) is 35.2 Å². The van der Waals surface area contributed by atoms with Gasteiger partial charge in [-0.25, -0.2) is 9.59 Å². The number of likely N-dealkylation sites (tertiary alicyclic amines) is 1. The topological polar surface area (TPSA) is 141 Å². The fourth-order valence-electron chi connectivity index (χ4n) is 4.82. The van der Waals surface area contributed by atoms with E-state index in [-0.39, 0.29) is 43.7 Å². The number of hydrogen-bond donors (Lipinski definition) is 2. The van der Waals surface area contributed by atoms with E-state index in [2.05, 4.69) is 10.1 Å². The minimum atomic E-state index is -4.65. The smallest absolute Gasteiger partial charge is 0.422 e. The van der Waals surface area contributed by atoms with Crippen molar-refractivity contribution in [3.05, 3.63) is 53.1 Å². The summed E-state index contributed by atoms with van der Waals surface area (Å²) in [6.07, 6.45) is -2.10. The first kappa shape index (κ1) is 30.2. The molecule has 41 heavy (non-hydrogen) atoms. The summed E-state index contributed by atoms with van der Waals surface area (Å²) in [4.78, 5) is 52.0. The Labute approximate surface area is 232 Å². The molecule has 1 aliphatic carbocycles. The predicted molar refractivity (Wildman–Crippen MR) is 134 cm³/mol. The van der Waals surface area contributed by atoms with E-state index in [0.717, 1.165) is 6.08 Å². The minimum Gasteiger partial charge on any atom is -0.456 e. The van der Waals surface area contributed by atoms with Crippen molar-refractivity contribution in [3.63, 3.8) is 0 Å². The normalized spacial score (nSPS) is 24.1. The number of ether oxygens (including phenoxy) is 4. The molecule has 1 aromatic carbocycles. The van der Waals surface area contributed by atoms with Crippen LogP contribution in [0.2, 0.25) is 0 Å². The minimum absolute atomic E-state index is 0.0151. The predicted octanol–water partition coefficient (Wildman–Crippen LogP) is 1.50. The molecular weight excluding hydrogens is 553 g/mol. The second-order valence-electron chi connectivity index (χ2n) is 9.57. The maximum atomic E-state index is 13.4. The molecule has 2 amide bonds. The molecule has 4 atom stereocenters. The van der Waals surface area contributed by atoms with E-state index >= 15 is 0 Å². The van der Waals surface area contributed by atoms with Crippen molar-refractivity contribution >= 4 is 29.8 Å². The fourth-order valence-corrected chi connectivity index (χ4v) is 4.82. The zero-order chi connectivity index (χ0) is 29.6. The number of alkyl halides is 3. The highest BCUT2D eigenvalue weighted by molar-refractivity contribution is 5.98. The molecule has 0 bridgehead atoms. The van der Waals surface area contributed by atoms with Crippen LogP contribution in [0.15, 0.2) is 42.0 Å². The van der Waals surface area contributed by atoms with Gasteiger partial charge >= 0.3 is 18.1 Å². The Kier molecular flexibility index (Phi) is 9.78. The number of hydrogen-bond acceptors (Lipinski definition) is 9. The number of fused-ring (bicyclic) bond motifs is 1. The summed E-state index contributed by atoms with van der Waals surface area (Å²) in [5.74, 6) is -2.69. The fraction of sp³-hybridized carbons (Fsp3) is 0.481. The van der Waals surface area contributed by atoms with Crippen LogP contribution >= 0.6 is 0 Å². The highest BCUT2D eigenvalue weighted by Crippen LogP contribution is 2.33. The third-order valence-corrected chi connectivity index (χ3v) is 6.67. The number of halogens is 3. The van der Waals surface area contributed by atoms with Gasteiger partial charge < -0.3 is 34.3 Å². The molecule has 4 rings (SSSR count). The average Bonchev–Trinajstić information content (AvgIpc) is 3.63. The number of nitrogens with one attached hydrogen (secondary N) is 1. The number of nitrogens with zero attached hydrogens (tertiary/aromatic N) is 1. The van der Waals surface area contributed by atoms with Gasteiger partial charge in [0.05, 0.1) is 12.2 Å². The van der Waals surface area contributed by atoms with Crippen molar-refractivity contribution in [2.75, 3.05) is 33.1 Å². The lowest BCUT2D eigenvalue weighted by Crippen LogP contribution is -2.49. The number of benzene rings is 1. The van der Waals surface area contributed by atoms with E-state index in [4.69, 9.17) is 19.3 Å². The van der Waals surface area contributed by atoms with Crippen LogP contribution in [0.5, 0.6) is 0 Å². The third-order valence-electron chi connectivity index (χ3n) is 6.67. The number of carbonyl (C=O) groups excluding carboxylic acids is 4. The van der Waals surface area contributed by atoms with Gasteiger partial charge in [-0.15, -0.1) is 0 Å². The van der Waals surface area contributed by atoms with Gasteiger partial charge in [-0.3, -0.25) is 9.59 Å². The van der Waals surface area contributed by atoms with Gasteiger partial charge in [0.15, 0.2) is 6.61 Å². The highest BCUT2D eigenvalue weighted by atomic mass is 19.4. The molecule has 2 heterocycles. The Morgan fingerprint density at radius 2 is 2.00 bits per heavy atom. The van der Waals surface area contributed by atoms with Gasteiger partial charge in [0.2, 0.25) is 11.8 Å². The first-order valence-electron chi connectivity index (χ1n) is 12.9. The Bertz CT molecular complexity index is 1220. The van der Waals surface area contributed by atoms with E-state index in [9.17, 15) is 32.3 Å². The molecule has 0 saturated carbocycles. The van der Waals surface area contributed by atoms with Gasteiger partial charge in [0.1, 0.15) is 31.1 Å². The summed E-state index contributed by atoms with van der Waals surface area (Å²) < 4.78 is 57.6. The van der Waals surface area contributed by atoms with E-state index in [1.54, 1.807) is 6.08 Å². The van der Waals surface area contributed by atoms with Gasteiger partial charge in [-0.1, -0.05) is 12.1 Å². The lowest BCUT2D eigenvalue weighted by atomic mass is 9.91. The first-order chi connectivity index (χ1) is 19.6. The molecule has 0 aromatic heterocycles. The molecule has 4 unspecified atom stereocenters. The van der Waals surface area contributed by atoms with Crippen LogP contribution in [0.1, 0.15) is 35.2 Å². The Morgan fingerprint density at radius 1 is 1.20 bits per heavy atom. The number of aliphatic hydroxyl groups excluding tert-OH is 1. The zero-order valence-corrected chi connectivity index (χ0v) is 21.8. The van der Waals surface area contributed by atoms with Gasteiger partial charge in [-0.2, -0.15) is 13.2 Å². The average molecular weight is 583 g/mol. The van der Waals surface area contributed by atoms with Crippen LogP contribution in [-0.4, -0.2) is 97.4 Å². The van der Waals surface area contributed by atoms with Crippen molar-refractivity contribution in [3.8, 4) is 0 Å². The van der Waals surface area contributed by atoms with Crippen molar-refractivity contribution in [2.24, 2.45) is 0 Å². The van der Waals surface area contributed by atoms with Crippen LogP contribution in [0, 0.1) is 0 Å². The van der Waals surface area contributed by atoms with Crippen LogP contribution < -0.4 is 5.32 Å². The quantitative estimate of drug-likeness (QED) is 0.327. The molecule has 2 fully saturated rings. The van der Waals surface area contributed by atoms with Crippen molar-refractivity contribution in [2.45, 2.75) is 49.8 Å². The summed E-state index contributed by atoms with van der Waals surface area (Å²) in [5, 5.41) is 11.6. The summed E-state index contributed by atoms with van der Waals surface area (Å²) in [6.45, 7) is -1.56. The molecule has 2 N–H and O–H groups in total. The molecule has 14 heteroatoms.